The molecule has 0 fully saturated rings. The van der Waals surface area contributed by atoms with Crippen LogP contribution in [0.5, 0.6) is 5.75 Å². The van der Waals surface area contributed by atoms with Crippen LogP contribution in [-0.2, 0) is 0 Å². The monoisotopic (exact) mass is 370 g/mol. The average Bonchev–Trinajstić information content (AvgIpc) is 2.53. The first-order valence-electron chi connectivity index (χ1n) is 6.55. The van der Waals surface area contributed by atoms with Gasteiger partial charge in [0, 0.05) is 17.2 Å². The third kappa shape index (κ3) is 5.61. The van der Waals surface area contributed by atoms with Gasteiger partial charge < -0.3 is 4.74 Å². The van der Waals surface area contributed by atoms with Crippen molar-refractivity contribution in [3.63, 3.8) is 0 Å². The fourth-order valence-corrected chi connectivity index (χ4v) is 2.09. The summed E-state index contributed by atoms with van der Waals surface area (Å²) in [6.07, 6.45) is 0. The summed E-state index contributed by atoms with van der Waals surface area (Å²) >= 11 is 5.88. The second-order valence-electron chi connectivity index (χ2n) is 4.59. The van der Waals surface area contributed by atoms with Crippen LogP contribution in [0.15, 0.2) is 59.0 Å². The lowest BCUT2D eigenvalue weighted by atomic mass is 10.1. The molecule has 0 atom stereocenters. The molecule has 0 saturated heterocycles. The lowest BCUT2D eigenvalue weighted by Gasteiger charge is -2.17. The van der Waals surface area contributed by atoms with Crippen LogP contribution in [0.4, 0.5) is 0 Å². The van der Waals surface area contributed by atoms with Crippen LogP contribution in [-0.4, -0.2) is 7.11 Å². The van der Waals surface area contributed by atoms with Crippen molar-refractivity contribution in [1.29, 1.82) is 0 Å². The molecule has 0 amide bonds. The molecule has 0 aliphatic carbocycles. The summed E-state index contributed by atoms with van der Waals surface area (Å²) in [7, 11) is -3.29. The first kappa shape index (κ1) is 18.4. The lowest BCUT2D eigenvalue weighted by molar-refractivity contribution is -2.00. The van der Waals surface area contributed by atoms with E-state index in [9.17, 15) is 0 Å². The largest absolute Gasteiger partial charge is 0.497 e. The molecule has 0 spiro atoms. The van der Waals surface area contributed by atoms with Gasteiger partial charge in [-0.3, -0.25) is 0 Å². The van der Waals surface area contributed by atoms with Crippen molar-refractivity contribution in [2.45, 2.75) is 0 Å². The Kier molecular flexibility index (Phi) is 5.95. The van der Waals surface area contributed by atoms with Crippen molar-refractivity contribution >= 4 is 22.6 Å². The quantitative estimate of drug-likeness (QED) is 0.599. The molecule has 0 radical (unpaired) electrons. The van der Waals surface area contributed by atoms with Crippen LogP contribution < -0.4 is 23.4 Å². The number of ether oxygens (including phenoxy) is 1. The standard InChI is InChI=1S/C16H12ClO2.ClHO4/c1-18-14-7-9-16-12(10-14)4-8-15(19-16)11-2-5-13(17)6-3-11;2-1(3,4)5/h2-10H,1H3;(H,2,3,4,5)/q+1;/p-1. The van der Waals surface area contributed by atoms with Crippen molar-refractivity contribution in [3.8, 4) is 17.1 Å². The van der Waals surface area contributed by atoms with E-state index in [0.29, 0.717) is 5.02 Å². The molecule has 1 heterocycles. The van der Waals surface area contributed by atoms with Crippen molar-refractivity contribution in [2.24, 2.45) is 0 Å². The third-order valence-electron chi connectivity index (χ3n) is 2.98. The Morgan fingerprint density at radius 2 is 1.54 bits per heavy atom. The molecule has 0 bridgehead atoms. The highest BCUT2D eigenvalue weighted by Crippen LogP contribution is 2.27. The van der Waals surface area contributed by atoms with E-state index in [2.05, 4.69) is 0 Å². The summed E-state index contributed by atoms with van der Waals surface area (Å²) in [6, 6.07) is 17.3. The Labute approximate surface area is 144 Å². The van der Waals surface area contributed by atoms with E-state index in [1.165, 1.54) is 0 Å². The smallest absolute Gasteiger partial charge is 0.361 e. The predicted octanol–water partition coefficient (Wildman–Crippen LogP) is 0.287. The van der Waals surface area contributed by atoms with Crippen molar-refractivity contribution in [3.05, 3.63) is 59.6 Å². The van der Waals surface area contributed by atoms with E-state index in [-0.39, 0.29) is 0 Å². The maximum absolute atomic E-state index is 8.49. The molecule has 2 aromatic carbocycles. The molecule has 1 aromatic heterocycles. The van der Waals surface area contributed by atoms with Gasteiger partial charge in [-0.05, 0) is 42.5 Å². The third-order valence-corrected chi connectivity index (χ3v) is 3.23. The lowest BCUT2D eigenvalue weighted by Crippen LogP contribution is -2.68. The Morgan fingerprint density at radius 1 is 0.917 bits per heavy atom. The molecule has 0 N–H and O–H groups in total. The van der Waals surface area contributed by atoms with E-state index in [1.54, 1.807) is 7.11 Å². The Balaban J connectivity index is 0.000000368. The van der Waals surface area contributed by atoms with Gasteiger partial charge >= 0.3 is 11.3 Å². The highest BCUT2D eigenvalue weighted by Gasteiger charge is 2.14. The maximum atomic E-state index is 8.49. The minimum Gasteiger partial charge on any atom is -0.497 e. The molecule has 3 rings (SSSR count). The van der Waals surface area contributed by atoms with Crippen molar-refractivity contribution in [1.82, 2.24) is 0 Å². The molecule has 126 valence electrons. The number of fused-ring (bicyclic) bond motifs is 1. The van der Waals surface area contributed by atoms with Gasteiger partial charge in [-0.25, -0.2) is 23.1 Å². The summed E-state index contributed by atoms with van der Waals surface area (Å²) in [5.41, 5.74) is 1.83. The normalized spacial score (nSPS) is 10.9. The van der Waals surface area contributed by atoms with E-state index in [1.807, 2.05) is 54.6 Å². The van der Waals surface area contributed by atoms with Crippen molar-refractivity contribution < 1.29 is 38.0 Å². The van der Waals surface area contributed by atoms with Crippen LogP contribution in [0.1, 0.15) is 0 Å². The minimum atomic E-state index is -4.94. The number of rotatable bonds is 2. The van der Waals surface area contributed by atoms with E-state index >= 15 is 0 Å². The highest BCUT2D eigenvalue weighted by molar-refractivity contribution is 6.30. The van der Waals surface area contributed by atoms with Crippen LogP contribution in [0, 0.1) is 10.2 Å². The molecule has 24 heavy (non-hydrogen) atoms. The Bertz CT molecular complexity index is 809. The van der Waals surface area contributed by atoms with E-state index in [0.717, 1.165) is 28.0 Å². The Morgan fingerprint density at radius 3 is 2.12 bits per heavy atom. The molecule has 0 saturated carbocycles. The molecular formula is C16H12Cl2O6. The molecule has 0 aliphatic heterocycles. The van der Waals surface area contributed by atoms with Gasteiger partial charge in [0.05, 0.1) is 18.1 Å². The number of hydrogen-bond donors (Lipinski definition) is 0. The van der Waals surface area contributed by atoms with Gasteiger partial charge in [0.25, 0.3) is 0 Å². The number of hydrogen-bond acceptors (Lipinski definition) is 5. The first-order valence-corrected chi connectivity index (χ1v) is 8.16. The van der Waals surface area contributed by atoms with E-state index in [4.69, 9.17) is 39.4 Å². The summed E-state index contributed by atoms with van der Waals surface area (Å²) in [5.74, 6) is 1.64. The fourth-order valence-electron chi connectivity index (χ4n) is 1.96. The second-order valence-corrected chi connectivity index (χ2v) is 5.78. The van der Waals surface area contributed by atoms with Gasteiger partial charge in [-0.2, -0.15) is 0 Å². The second kappa shape index (κ2) is 7.76. The van der Waals surface area contributed by atoms with Crippen LogP contribution in [0.2, 0.25) is 5.02 Å². The molecule has 8 heteroatoms. The molecule has 6 nitrogen and oxygen atoms in total. The van der Waals surface area contributed by atoms with Crippen molar-refractivity contribution in [2.75, 3.05) is 7.11 Å². The summed E-state index contributed by atoms with van der Waals surface area (Å²) in [5, 5.41) is 1.73. The average molecular weight is 371 g/mol. The first-order chi connectivity index (χ1) is 11.3. The van der Waals surface area contributed by atoms with Gasteiger partial charge in [-0.1, -0.05) is 11.6 Å². The topological polar surface area (TPSA) is 113 Å². The number of methoxy groups -OCH3 is 1. The minimum absolute atomic E-state index is 0.717. The molecule has 0 aliphatic rings. The van der Waals surface area contributed by atoms with Gasteiger partial charge in [0.2, 0.25) is 0 Å². The zero-order chi connectivity index (χ0) is 17.7. The summed E-state index contributed by atoms with van der Waals surface area (Å²) < 4.78 is 45.1. The van der Waals surface area contributed by atoms with Gasteiger partial charge in [0.15, 0.2) is 0 Å². The van der Waals surface area contributed by atoms with Gasteiger partial charge in [-0.15, -0.1) is 10.2 Å². The van der Waals surface area contributed by atoms with Gasteiger partial charge in [0.1, 0.15) is 5.75 Å². The molecular weight excluding hydrogens is 359 g/mol. The zero-order valence-electron chi connectivity index (χ0n) is 12.4. The molecule has 0 unspecified atom stereocenters. The van der Waals surface area contributed by atoms with Crippen LogP contribution >= 0.6 is 11.6 Å². The van der Waals surface area contributed by atoms with Crippen LogP contribution in [0.25, 0.3) is 22.3 Å². The number of benzene rings is 2. The summed E-state index contributed by atoms with van der Waals surface area (Å²) in [6.45, 7) is 0. The van der Waals surface area contributed by atoms with Crippen LogP contribution in [0.3, 0.4) is 0 Å². The SMILES string of the molecule is COc1ccc2[o+]c(-c3ccc(Cl)cc3)ccc2c1.[O-][Cl+3]([O-])([O-])[O-]. The number of halogens is 2. The Hall–Kier alpha value is -1.93. The zero-order valence-corrected chi connectivity index (χ0v) is 13.9. The predicted molar refractivity (Wildman–Crippen MR) is 77.6 cm³/mol. The molecule has 3 aromatic rings. The fraction of sp³-hybridized carbons (Fsp3) is 0.0625. The maximum Gasteiger partial charge on any atom is 0.361 e. The van der Waals surface area contributed by atoms with E-state index < -0.39 is 10.2 Å². The highest BCUT2D eigenvalue weighted by atomic mass is 35.7. The summed E-state index contributed by atoms with van der Waals surface area (Å²) in [4.78, 5) is 0.